The van der Waals surface area contributed by atoms with Crippen LogP contribution in [0.3, 0.4) is 0 Å². The Morgan fingerprint density at radius 3 is 2.71 bits per heavy atom. The van der Waals surface area contributed by atoms with Gasteiger partial charge in [-0.05, 0) is 33.3 Å². The van der Waals surface area contributed by atoms with Crippen molar-refractivity contribution >= 4 is 33.5 Å². The van der Waals surface area contributed by atoms with Gasteiger partial charge in [0, 0.05) is 5.56 Å². The molecule has 0 unspecified atom stereocenters. The van der Waals surface area contributed by atoms with E-state index in [2.05, 4.69) is 5.10 Å². The zero-order valence-electron chi connectivity index (χ0n) is 13.6. The number of carbonyl (C=O) groups is 1. The van der Waals surface area contributed by atoms with Gasteiger partial charge in [-0.25, -0.2) is 17.9 Å². The Bertz CT molecular complexity index is 834. The number of hydrogen-bond acceptors (Lipinski definition) is 6. The molecule has 2 rings (SSSR count). The largest absolute Gasteiger partial charge is 0.459 e. The maximum atomic E-state index is 11.9. The maximum Gasteiger partial charge on any atom is 0.349 e. The van der Waals surface area contributed by atoms with E-state index in [1.165, 1.54) is 10.8 Å². The zero-order chi connectivity index (χ0) is 18.1. The summed E-state index contributed by atoms with van der Waals surface area (Å²) >= 11 is 6.31. The number of aromatic nitrogens is 2. The van der Waals surface area contributed by atoms with Crippen molar-refractivity contribution < 1.29 is 17.9 Å². The van der Waals surface area contributed by atoms with Crippen LogP contribution in [0, 0.1) is 18.3 Å². The molecule has 1 atom stereocenters. The minimum absolute atomic E-state index is 0.0164. The highest BCUT2D eigenvalue weighted by Gasteiger charge is 2.32. The molecule has 7 nitrogen and oxygen atoms in total. The van der Waals surface area contributed by atoms with Crippen molar-refractivity contribution in [3.05, 3.63) is 22.0 Å². The molecule has 0 N–H and O–H groups in total. The molecule has 0 spiro atoms. The van der Waals surface area contributed by atoms with Crippen molar-refractivity contribution in [3.8, 4) is 6.07 Å². The molecular weight excluding hydrogens is 354 g/mol. The Morgan fingerprint density at radius 1 is 1.54 bits per heavy atom. The Morgan fingerprint density at radius 2 is 2.21 bits per heavy atom. The van der Waals surface area contributed by atoms with Crippen LogP contribution in [0.1, 0.15) is 37.6 Å². The smallest absolute Gasteiger partial charge is 0.349 e. The minimum atomic E-state index is -3.08. The molecule has 0 bridgehead atoms. The van der Waals surface area contributed by atoms with Gasteiger partial charge in [-0.15, -0.1) is 0 Å². The second kappa shape index (κ2) is 6.95. The Balaban J connectivity index is 2.37. The molecule has 9 heteroatoms. The predicted octanol–water partition coefficient (Wildman–Crippen LogP) is 2.06. The van der Waals surface area contributed by atoms with Gasteiger partial charge in [0.05, 0.1) is 29.3 Å². The van der Waals surface area contributed by atoms with Crippen molar-refractivity contribution in [1.82, 2.24) is 9.78 Å². The second-order valence-corrected chi connectivity index (χ2v) is 8.50. The van der Waals surface area contributed by atoms with E-state index in [0.29, 0.717) is 17.7 Å². The summed E-state index contributed by atoms with van der Waals surface area (Å²) in [5.41, 5.74) is 0.736. The molecule has 0 amide bonds. The lowest BCUT2D eigenvalue weighted by atomic mass is 10.1. The number of nitrogens with zero attached hydrogens (tertiary/aromatic N) is 3. The predicted molar refractivity (Wildman–Crippen MR) is 89.1 cm³/mol. The molecule has 0 aliphatic carbocycles. The number of sulfone groups is 1. The first-order chi connectivity index (χ1) is 11.1. The summed E-state index contributed by atoms with van der Waals surface area (Å²) < 4.78 is 29.7. The van der Waals surface area contributed by atoms with E-state index in [-0.39, 0.29) is 34.4 Å². The van der Waals surface area contributed by atoms with Crippen LogP contribution in [0.4, 0.5) is 0 Å². The van der Waals surface area contributed by atoms with Crippen LogP contribution in [-0.2, 0) is 19.4 Å². The number of carbonyl (C=O) groups excluding carboxylic acids is 1. The van der Waals surface area contributed by atoms with Crippen molar-refractivity contribution in [2.24, 2.45) is 0 Å². The Hall–Kier alpha value is -1.85. The number of nitriles is 1. The van der Waals surface area contributed by atoms with Crippen LogP contribution < -0.4 is 0 Å². The van der Waals surface area contributed by atoms with Crippen LogP contribution >= 0.6 is 11.6 Å². The summed E-state index contributed by atoms with van der Waals surface area (Å²) in [4.78, 5) is 11.9. The zero-order valence-corrected chi connectivity index (χ0v) is 15.2. The van der Waals surface area contributed by atoms with E-state index in [1.54, 1.807) is 26.8 Å². The van der Waals surface area contributed by atoms with Gasteiger partial charge in [-0.2, -0.15) is 10.4 Å². The first-order valence-corrected chi connectivity index (χ1v) is 9.62. The fourth-order valence-electron chi connectivity index (χ4n) is 2.47. The van der Waals surface area contributed by atoms with Crippen LogP contribution in [0.5, 0.6) is 0 Å². The van der Waals surface area contributed by atoms with Gasteiger partial charge in [0.1, 0.15) is 16.8 Å². The lowest BCUT2D eigenvalue weighted by Crippen LogP contribution is -2.13. The lowest BCUT2D eigenvalue weighted by molar-refractivity contribution is -0.142. The quantitative estimate of drug-likeness (QED) is 0.456. The van der Waals surface area contributed by atoms with Gasteiger partial charge in [0.25, 0.3) is 0 Å². The number of ether oxygens (including phenoxy) is 1. The highest BCUT2D eigenvalue weighted by atomic mass is 35.5. The van der Waals surface area contributed by atoms with E-state index in [4.69, 9.17) is 16.3 Å². The molecule has 0 aromatic carbocycles. The van der Waals surface area contributed by atoms with E-state index in [0.717, 1.165) is 0 Å². The summed E-state index contributed by atoms with van der Waals surface area (Å²) in [6, 6.07) is 1.46. The lowest BCUT2D eigenvalue weighted by Gasteiger charge is -2.09. The fourth-order valence-corrected chi connectivity index (χ4v) is 4.52. The first-order valence-electron chi connectivity index (χ1n) is 7.42. The average molecular weight is 372 g/mol. The summed E-state index contributed by atoms with van der Waals surface area (Å²) in [5, 5.41) is 13.7. The monoisotopic (exact) mass is 371 g/mol. The summed E-state index contributed by atoms with van der Waals surface area (Å²) in [6.07, 6.45) is 1.42. The van der Waals surface area contributed by atoms with Crippen LogP contribution in [0.2, 0.25) is 5.15 Å². The van der Waals surface area contributed by atoms with E-state index in [1.807, 2.05) is 0 Å². The molecule has 1 aliphatic rings. The van der Waals surface area contributed by atoms with Gasteiger partial charge >= 0.3 is 5.97 Å². The standard InChI is InChI=1S/C15H18ClN3O4S/c1-9(2)23-15(20)11(7-17)6-13-10(3)18-19(14(13)16)12-4-5-24(21,22)8-12/h6,9,12H,4-5,8H2,1-3H3/b11-6+/t12-/m1/s1. The minimum Gasteiger partial charge on any atom is -0.459 e. The molecular formula is C15H18ClN3O4S. The van der Waals surface area contributed by atoms with E-state index < -0.39 is 15.8 Å². The third-order valence-electron chi connectivity index (χ3n) is 3.60. The highest BCUT2D eigenvalue weighted by Crippen LogP contribution is 2.31. The third kappa shape index (κ3) is 3.97. The van der Waals surface area contributed by atoms with Crippen molar-refractivity contribution in [3.63, 3.8) is 0 Å². The number of hydrogen-bond donors (Lipinski definition) is 0. The molecule has 0 radical (unpaired) electrons. The third-order valence-corrected chi connectivity index (χ3v) is 5.72. The van der Waals surface area contributed by atoms with Gasteiger partial charge in [-0.1, -0.05) is 11.6 Å². The number of rotatable bonds is 4. The molecule has 24 heavy (non-hydrogen) atoms. The SMILES string of the molecule is Cc1nn([C@@H]2CCS(=O)(=O)C2)c(Cl)c1/C=C(\C#N)C(=O)OC(C)C. The molecule has 1 fully saturated rings. The molecule has 1 aromatic heterocycles. The normalized spacial score (nSPS) is 20.2. The summed E-state index contributed by atoms with van der Waals surface area (Å²) in [7, 11) is -3.08. The second-order valence-electron chi connectivity index (χ2n) is 5.92. The van der Waals surface area contributed by atoms with Gasteiger partial charge in [0.15, 0.2) is 9.84 Å². The number of halogens is 1. The van der Waals surface area contributed by atoms with Crippen molar-refractivity contribution in [2.75, 3.05) is 11.5 Å². The van der Waals surface area contributed by atoms with E-state index >= 15 is 0 Å². The molecule has 1 aliphatic heterocycles. The van der Waals surface area contributed by atoms with Gasteiger partial charge in [-0.3, -0.25) is 0 Å². The number of esters is 1. The topological polar surface area (TPSA) is 102 Å². The molecule has 2 heterocycles. The summed E-state index contributed by atoms with van der Waals surface area (Å²) in [5.74, 6) is -0.654. The summed E-state index contributed by atoms with van der Waals surface area (Å²) in [6.45, 7) is 5.05. The van der Waals surface area contributed by atoms with Gasteiger partial charge < -0.3 is 4.74 Å². The molecule has 0 saturated carbocycles. The van der Waals surface area contributed by atoms with Crippen molar-refractivity contribution in [1.29, 1.82) is 5.26 Å². The molecule has 1 saturated heterocycles. The van der Waals surface area contributed by atoms with Crippen LogP contribution in [0.25, 0.3) is 6.08 Å². The van der Waals surface area contributed by atoms with Crippen LogP contribution in [-0.4, -0.2) is 41.8 Å². The van der Waals surface area contributed by atoms with Crippen LogP contribution in [0.15, 0.2) is 5.57 Å². The van der Waals surface area contributed by atoms with Crippen molar-refractivity contribution in [2.45, 2.75) is 39.3 Å². The maximum absolute atomic E-state index is 11.9. The molecule has 130 valence electrons. The first kappa shape index (κ1) is 18.5. The number of aryl methyl sites for hydroxylation is 1. The average Bonchev–Trinajstić information content (AvgIpc) is 2.96. The Labute approximate surface area is 145 Å². The highest BCUT2D eigenvalue weighted by molar-refractivity contribution is 7.91. The fraction of sp³-hybridized carbons (Fsp3) is 0.533. The van der Waals surface area contributed by atoms with E-state index in [9.17, 15) is 18.5 Å². The molecule has 1 aromatic rings. The Kier molecular flexibility index (Phi) is 5.35. The van der Waals surface area contributed by atoms with Gasteiger partial charge in [0.2, 0.25) is 0 Å².